The second-order valence-electron chi connectivity index (χ2n) is 3.98. The van der Waals surface area contributed by atoms with Crippen molar-refractivity contribution in [2.45, 2.75) is 39.2 Å². The van der Waals surface area contributed by atoms with E-state index in [0.717, 1.165) is 12.3 Å². The van der Waals surface area contributed by atoms with Gasteiger partial charge < -0.3 is 5.73 Å². The normalized spacial score (nSPS) is 30.7. The van der Waals surface area contributed by atoms with Crippen LogP contribution in [0, 0.1) is 11.8 Å². The van der Waals surface area contributed by atoms with Crippen molar-refractivity contribution in [2.24, 2.45) is 17.6 Å². The van der Waals surface area contributed by atoms with Gasteiger partial charge in [-0.25, -0.2) is 0 Å². The first-order valence-corrected chi connectivity index (χ1v) is 4.53. The van der Waals surface area contributed by atoms with Crippen LogP contribution in [-0.2, 0) is 0 Å². The SMILES string of the molecule is CCC(C)(N)[C@H](C)C1C=CC1. The Morgan fingerprint density at radius 1 is 1.73 bits per heavy atom. The second-order valence-corrected chi connectivity index (χ2v) is 3.98. The zero-order chi connectivity index (χ0) is 8.48. The van der Waals surface area contributed by atoms with E-state index in [2.05, 4.69) is 32.9 Å². The summed E-state index contributed by atoms with van der Waals surface area (Å²) in [6.45, 7) is 6.58. The zero-order valence-corrected chi connectivity index (χ0v) is 7.80. The van der Waals surface area contributed by atoms with Crippen LogP contribution >= 0.6 is 0 Å². The molecule has 2 unspecified atom stereocenters. The molecule has 1 rings (SSSR count). The van der Waals surface area contributed by atoms with Crippen molar-refractivity contribution < 1.29 is 0 Å². The molecule has 1 heteroatoms. The molecular formula is C10H19N. The molecule has 0 amide bonds. The first kappa shape index (κ1) is 8.79. The molecule has 3 atom stereocenters. The zero-order valence-electron chi connectivity index (χ0n) is 7.80. The molecule has 0 spiro atoms. The highest BCUT2D eigenvalue weighted by atomic mass is 14.7. The predicted octanol–water partition coefficient (Wildman–Crippen LogP) is 2.33. The first-order chi connectivity index (χ1) is 5.08. The molecule has 1 aliphatic rings. The molecule has 0 aromatic heterocycles. The fourth-order valence-corrected chi connectivity index (χ4v) is 1.48. The molecule has 0 aromatic carbocycles. The summed E-state index contributed by atoms with van der Waals surface area (Å²) < 4.78 is 0. The van der Waals surface area contributed by atoms with Crippen molar-refractivity contribution in [1.29, 1.82) is 0 Å². The van der Waals surface area contributed by atoms with Gasteiger partial charge in [-0.15, -0.1) is 0 Å². The smallest absolute Gasteiger partial charge is 0.0154 e. The quantitative estimate of drug-likeness (QED) is 0.619. The molecule has 0 fully saturated rings. The average molecular weight is 153 g/mol. The van der Waals surface area contributed by atoms with Crippen molar-refractivity contribution in [3.8, 4) is 0 Å². The molecule has 0 bridgehead atoms. The Morgan fingerprint density at radius 2 is 2.27 bits per heavy atom. The van der Waals surface area contributed by atoms with Gasteiger partial charge in [0.25, 0.3) is 0 Å². The summed E-state index contributed by atoms with van der Waals surface area (Å²) in [7, 11) is 0. The lowest BCUT2D eigenvalue weighted by molar-refractivity contribution is 0.236. The lowest BCUT2D eigenvalue weighted by Gasteiger charge is -2.37. The first-order valence-electron chi connectivity index (χ1n) is 4.53. The Labute approximate surface area is 69.7 Å². The molecule has 11 heavy (non-hydrogen) atoms. The van der Waals surface area contributed by atoms with Crippen LogP contribution in [0.5, 0.6) is 0 Å². The van der Waals surface area contributed by atoms with Gasteiger partial charge in [-0.2, -0.15) is 0 Å². The van der Waals surface area contributed by atoms with Crippen LogP contribution in [0.2, 0.25) is 0 Å². The maximum Gasteiger partial charge on any atom is 0.0154 e. The molecule has 0 saturated carbocycles. The summed E-state index contributed by atoms with van der Waals surface area (Å²) in [5, 5.41) is 0. The Balaban J connectivity index is 2.51. The minimum Gasteiger partial charge on any atom is -0.325 e. The lowest BCUT2D eigenvalue weighted by Crippen LogP contribution is -2.45. The van der Waals surface area contributed by atoms with Gasteiger partial charge in [-0.3, -0.25) is 0 Å². The third-order valence-corrected chi connectivity index (χ3v) is 3.24. The fourth-order valence-electron chi connectivity index (χ4n) is 1.48. The van der Waals surface area contributed by atoms with Gasteiger partial charge in [0.2, 0.25) is 0 Å². The highest BCUT2D eigenvalue weighted by Gasteiger charge is 2.31. The Bertz CT molecular complexity index is 158. The fraction of sp³-hybridized carbons (Fsp3) is 0.800. The minimum absolute atomic E-state index is 0.0232. The van der Waals surface area contributed by atoms with E-state index < -0.39 is 0 Å². The maximum absolute atomic E-state index is 6.14. The van der Waals surface area contributed by atoms with Crippen molar-refractivity contribution in [3.63, 3.8) is 0 Å². The third-order valence-electron chi connectivity index (χ3n) is 3.24. The molecule has 0 heterocycles. The Kier molecular flexibility index (Phi) is 2.38. The molecule has 0 saturated heterocycles. The van der Waals surface area contributed by atoms with Gasteiger partial charge in [0.05, 0.1) is 0 Å². The highest BCUT2D eigenvalue weighted by molar-refractivity contribution is 5.07. The summed E-state index contributed by atoms with van der Waals surface area (Å²) in [6, 6.07) is 0. The van der Waals surface area contributed by atoms with E-state index >= 15 is 0 Å². The molecule has 64 valence electrons. The molecule has 0 aliphatic heterocycles. The molecule has 1 aliphatic carbocycles. The van der Waals surface area contributed by atoms with Gasteiger partial charge in [0.15, 0.2) is 0 Å². The molecule has 0 aromatic rings. The van der Waals surface area contributed by atoms with Crippen LogP contribution < -0.4 is 5.73 Å². The number of hydrogen-bond donors (Lipinski definition) is 1. The van der Waals surface area contributed by atoms with Gasteiger partial charge in [-0.05, 0) is 31.6 Å². The van der Waals surface area contributed by atoms with Crippen molar-refractivity contribution >= 4 is 0 Å². The Hall–Kier alpha value is -0.300. The van der Waals surface area contributed by atoms with Crippen molar-refractivity contribution in [3.05, 3.63) is 12.2 Å². The summed E-state index contributed by atoms with van der Waals surface area (Å²) in [5.41, 5.74) is 6.16. The number of allylic oxidation sites excluding steroid dienone is 2. The van der Waals surface area contributed by atoms with Crippen LogP contribution in [0.15, 0.2) is 12.2 Å². The molecule has 2 N–H and O–H groups in total. The lowest BCUT2D eigenvalue weighted by atomic mass is 9.72. The van der Waals surface area contributed by atoms with E-state index in [1.807, 2.05) is 0 Å². The monoisotopic (exact) mass is 153 g/mol. The minimum atomic E-state index is 0.0232. The predicted molar refractivity (Wildman–Crippen MR) is 49.3 cm³/mol. The van der Waals surface area contributed by atoms with E-state index in [1.54, 1.807) is 0 Å². The highest BCUT2D eigenvalue weighted by Crippen LogP contribution is 2.33. The van der Waals surface area contributed by atoms with Crippen LogP contribution in [0.25, 0.3) is 0 Å². The molecule has 0 radical (unpaired) electrons. The molecular weight excluding hydrogens is 134 g/mol. The van der Waals surface area contributed by atoms with E-state index in [0.29, 0.717) is 5.92 Å². The van der Waals surface area contributed by atoms with E-state index in [1.165, 1.54) is 6.42 Å². The summed E-state index contributed by atoms with van der Waals surface area (Å²) in [6.07, 6.45) is 6.81. The maximum atomic E-state index is 6.14. The van der Waals surface area contributed by atoms with Gasteiger partial charge >= 0.3 is 0 Å². The largest absolute Gasteiger partial charge is 0.325 e. The summed E-state index contributed by atoms with van der Waals surface area (Å²) in [5.74, 6) is 1.36. The van der Waals surface area contributed by atoms with E-state index in [-0.39, 0.29) is 5.54 Å². The third kappa shape index (κ3) is 1.64. The van der Waals surface area contributed by atoms with Crippen LogP contribution in [-0.4, -0.2) is 5.54 Å². The summed E-state index contributed by atoms with van der Waals surface area (Å²) >= 11 is 0. The Morgan fingerprint density at radius 3 is 2.55 bits per heavy atom. The van der Waals surface area contributed by atoms with Crippen LogP contribution in [0.3, 0.4) is 0 Å². The average Bonchev–Trinajstić information content (AvgIpc) is 1.84. The van der Waals surface area contributed by atoms with Crippen LogP contribution in [0.4, 0.5) is 0 Å². The van der Waals surface area contributed by atoms with E-state index in [9.17, 15) is 0 Å². The topological polar surface area (TPSA) is 26.0 Å². The van der Waals surface area contributed by atoms with Crippen molar-refractivity contribution in [2.75, 3.05) is 0 Å². The summed E-state index contributed by atoms with van der Waals surface area (Å²) in [4.78, 5) is 0. The number of nitrogens with two attached hydrogens (primary N) is 1. The van der Waals surface area contributed by atoms with Gasteiger partial charge in [0.1, 0.15) is 0 Å². The second kappa shape index (κ2) is 2.98. The van der Waals surface area contributed by atoms with E-state index in [4.69, 9.17) is 5.73 Å². The van der Waals surface area contributed by atoms with Gasteiger partial charge in [0, 0.05) is 5.54 Å². The number of hydrogen-bond acceptors (Lipinski definition) is 1. The van der Waals surface area contributed by atoms with Crippen LogP contribution in [0.1, 0.15) is 33.6 Å². The number of rotatable bonds is 3. The molecule has 1 nitrogen and oxygen atoms in total. The van der Waals surface area contributed by atoms with Gasteiger partial charge in [-0.1, -0.05) is 26.0 Å². The standard InChI is InChI=1S/C10H19N/c1-4-10(3,11)8(2)9-6-5-7-9/h5-6,8-9H,4,7,11H2,1-3H3/t8-,9?,10?/m1/s1. The van der Waals surface area contributed by atoms with Crippen molar-refractivity contribution in [1.82, 2.24) is 0 Å².